The van der Waals surface area contributed by atoms with Crippen LogP contribution in [0, 0.1) is 0 Å². The Morgan fingerprint density at radius 1 is 1.38 bits per heavy atom. The Morgan fingerprint density at radius 3 is 2.57 bits per heavy atom. The molecule has 1 saturated heterocycles. The zero-order valence-electron chi connectivity index (χ0n) is 12.2. The van der Waals surface area contributed by atoms with E-state index < -0.39 is 5.97 Å². The van der Waals surface area contributed by atoms with Gasteiger partial charge in [0.05, 0.1) is 6.54 Å². The summed E-state index contributed by atoms with van der Waals surface area (Å²) in [6, 6.07) is 8.70. The van der Waals surface area contributed by atoms with Crippen LogP contribution in [0.5, 0.6) is 0 Å². The molecule has 6 heteroatoms. The average molecular weight is 378 g/mol. The number of rotatable bonds is 5. The first kappa shape index (κ1) is 18.4. The molecular weight excluding hydrogens is 356 g/mol. The standard InChI is InChI=1S/C15H21BrN2O2.ClH/c1-17(11-15(19)20)13-6-8-18(9-7-13)10-12-4-2-3-5-14(12)16;/h2-5,13H,6-11H2,1H3,(H,19,20);1H. The van der Waals surface area contributed by atoms with Crippen LogP contribution in [-0.2, 0) is 11.3 Å². The van der Waals surface area contributed by atoms with Crippen LogP contribution in [0.4, 0.5) is 0 Å². The lowest BCUT2D eigenvalue weighted by atomic mass is 10.0. The third-order valence-electron chi connectivity index (χ3n) is 3.92. The Bertz CT molecular complexity index is 465. The zero-order chi connectivity index (χ0) is 14.5. The number of carboxylic acids is 1. The fourth-order valence-electron chi connectivity index (χ4n) is 2.73. The van der Waals surface area contributed by atoms with E-state index in [2.05, 4.69) is 39.0 Å². The van der Waals surface area contributed by atoms with Gasteiger partial charge in [-0.05, 0) is 44.6 Å². The van der Waals surface area contributed by atoms with E-state index in [4.69, 9.17) is 5.11 Å². The summed E-state index contributed by atoms with van der Waals surface area (Å²) in [5.74, 6) is -0.747. The number of nitrogens with zero attached hydrogens (tertiary/aromatic N) is 2. The van der Waals surface area contributed by atoms with Gasteiger partial charge in [-0.1, -0.05) is 34.1 Å². The molecule has 0 amide bonds. The maximum Gasteiger partial charge on any atom is 0.317 e. The average Bonchev–Trinajstić information content (AvgIpc) is 2.41. The van der Waals surface area contributed by atoms with Crippen LogP contribution in [0.1, 0.15) is 18.4 Å². The molecule has 4 nitrogen and oxygen atoms in total. The molecule has 0 radical (unpaired) electrons. The number of likely N-dealkylation sites (tertiary alicyclic amines) is 1. The topological polar surface area (TPSA) is 43.8 Å². The minimum atomic E-state index is -0.747. The van der Waals surface area contributed by atoms with Gasteiger partial charge in [0, 0.05) is 17.1 Å². The molecule has 1 N–H and O–H groups in total. The first-order valence-electron chi connectivity index (χ1n) is 6.94. The van der Waals surface area contributed by atoms with E-state index in [1.54, 1.807) is 0 Å². The van der Waals surface area contributed by atoms with Gasteiger partial charge in [-0.2, -0.15) is 0 Å². The molecule has 0 aliphatic carbocycles. The van der Waals surface area contributed by atoms with Crippen molar-refractivity contribution in [2.24, 2.45) is 0 Å². The predicted octanol–water partition coefficient (Wildman–Crippen LogP) is 2.85. The van der Waals surface area contributed by atoms with Gasteiger partial charge in [-0.3, -0.25) is 14.6 Å². The van der Waals surface area contributed by atoms with Gasteiger partial charge in [0.15, 0.2) is 0 Å². The van der Waals surface area contributed by atoms with Crippen LogP contribution in [0.15, 0.2) is 28.7 Å². The van der Waals surface area contributed by atoms with Gasteiger partial charge in [0.25, 0.3) is 0 Å². The molecule has 118 valence electrons. The second-order valence-corrected chi connectivity index (χ2v) is 6.26. The van der Waals surface area contributed by atoms with E-state index in [9.17, 15) is 4.79 Å². The quantitative estimate of drug-likeness (QED) is 0.857. The summed E-state index contributed by atoms with van der Waals surface area (Å²) in [5.41, 5.74) is 1.31. The summed E-state index contributed by atoms with van der Waals surface area (Å²) in [7, 11) is 1.90. The Morgan fingerprint density at radius 2 is 2.00 bits per heavy atom. The number of aliphatic carboxylic acids is 1. The van der Waals surface area contributed by atoms with Crippen LogP contribution in [0.25, 0.3) is 0 Å². The number of likely N-dealkylation sites (N-methyl/N-ethyl adjacent to an activating group) is 1. The monoisotopic (exact) mass is 376 g/mol. The number of piperidine rings is 1. The maximum atomic E-state index is 10.7. The van der Waals surface area contributed by atoms with Crippen LogP contribution >= 0.6 is 28.3 Å². The molecule has 0 unspecified atom stereocenters. The lowest BCUT2D eigenvalue weighted by molar-refractivity contribution is -0.138. The van der Waals surface area contributed by atoms with Gasteiger partial charge in [0.1, 0.15) is 0 Å². The summed E-state index contributed by atoms with van der Waals surface area (Å²) in [6.45, 7) is 3.14. The second-order valence-electron chi connectivity index (χ2n) is 5.41. The molecule has 1 aromatic rings. The lowest BCUT2D eigenvalue weighted by Crippen LogP contribution is -2.44. The fourth-order valence-corrected chi connectivity index (χ4v) is 3.14. The first-order valence-corrected chi connectivity index (χ1v) is 7.73. The third kappa shape index (κ3) is 5.58. The summed E-state index contributed by atoms with van der Waals surface area (Å²) in [6.07, 6.45) is 2.07. The molecule has 1 aliphatic heterocycles. The van der Waals surface area contributed by atoms with Crippen LogP contribution in [0.2, 0.25) is 0 Å². The van der Waals surface area contributed by atoms with E-state index >= 15 is 0 Å². The minimum Gasteiger partial charge on any atom is -0.480 e. The van der Waals surface area contributed by atoms with E-state index in [1.807, 2.05) is 18.0 Å². The molecule has 0 saturated carbocycles. The second kappa shape index (κ2) is 8.73. The molecule has 21 heavy (non-hydrogen) atoms. The molecule has 0 aromatic heterocycles. The van der Waals surface area contributed by atoms with Crippen molar-refractivity contribution in [1.29, 1.82) is 0 Å². The third-order valence-corrected chi connectivity index (χ3v) is 4.69. The van der Waals surface area contributed by atoms with Crippen molar-refractivity contribution in [3.63, 3.8) is 0 Å². The maximum absolute atomic E-state index is 10.7. The lowest BCUT2D eigenvalue weighted by Gasteiger charge is -2.36. The number of hydrogen-bond acceptors (Lipinski definition) is 3. The Hall–Kier alpha value is -0.620. The van der Waals surface area contributed by atoms with Crippen molar-refractivity contribution >= 4 is 34.3 Å². The van der Waals surface area contributed by atoms with E-state index in [1.165, 1.54) is 5.56 Å². The SMILES string of the molecule is CN(CC(=O)O)C1CCN(Cc2ccccc2Br)CC1.Cl. The van der Waals surface area contributed by atoms with Gasteiger partial charge in [0.2, 0.25) is 0 Å². The normalized spacial score (nSPS) is 16.7. The van der Waals surface area contributed by atoms with Gasteiger partial charge < -0.3 is 5.11 Å². The van der Waals surface area contributed by atoms with Gasteiger partial charge in [-0.25, -0.2) is 0 Å². The van der Waals surface area contributed by atoms with Crippen molar-refractivity contribution in [2.75, 3.05) is 26.7 Å². The van der Waals surface area contributed by atoms with E-state index in [-0.39, 0.29) is 19.0 Å². The number of hydrogen-bond donors (Lipinski definition) is 1. The van der Waals surface area contributed by atoms with Crippen LogP contribution < -0.4 is 0 Å². The van der Waals surface area contributed by atoms with E-state index in [0.717, 1.165) is 36.9 Å². The molecule has 1 aliphatic rings. The largest absolute Gasteiger partial charge is 0.480 e. The number of halogens is 2. The fraction of sp³-hybridized carbons (Fsp3) is 0.533. The number of carboxylic acid groups (broad SMARTS) is 1. The molecule has 0 spiro atoms. The first-order chi connectivity index (χ1) is 9.56. The van der Waals surface area contributed by atoms with Gasteiger partial charge >= 0.3 is 5.97 Å². The van der Waals surface area contributed by atoms with Gasteiger partial charge in [-0.15, -0.1) is 12.4 Å². The van der Waals surface area contributed by atoms with Crippen molar-refractivity contribution in [3.8, 4) is 0 Å². The molecule has 2 rings (SSSR count). The minimum absolute atomic E-state index is 0. The van der Waals surface area contributed by atoms with Crippen molar-refractivity contribution < 1.29 is 9.90 Å². The summed E-state index contributed by atoms with van der Waals surface area (Å²) in [4.78, 5) is 15.1. The highest BCUT2D eigenvalue weighted by atomic mass is 79.9. The van der Waals surface area contributed by atoms with Crippen LogP contribution in [0.3, 0.4) is 0 Å². The van der Waals surface area contributed by atoms with Crippen molar-refractivity contribution in [1.82, 2.24) is 9.80 Å². The molecule has 1 heterocycles. The van der Waals surface area contributed by atoms with E-state index in [0.29, 0.717) is 6.04 Å². The Balaban J connectivity index is 0.00000220. The van der Waals surface area contributed by atoms with Crippen molar-refractivity contribution in [2.45, 2.75) is 25.4 Å². The number of benzene rings is 1. The number of carbonyl (C=O) groups is 1. The molecular formula is C15H22BrClN2O2. The summed E-state index contributed by atoms with van der Waals surface area (Å²) >= 11 is 3.59. The van der Waals surface area contributed by atoms with Crippen molar-refractivity contribution in [3.05, 3.63) is 34.3 Å². The Labute approximate surface area is 140 Å². The zero-order valence-corrected chi connectivity index (χ0v) is 14.6. The predicted molar refractivity (Wildman–Crippen MR) is 90.0 cm³/mol. The highest BCUT2D eigenvalue weighted by molar-refractivity contribution is 9.10. The smallest absolute Gasteiger partial charge is 0.317 e. The molecule has 1 aromatic carbocycles. The van der Waals surface area contributed by atoms with Crippen LogP contribution in [-0.4, -0.2) is 53.6 Å². The molecule has 0 atom stereocenters. The Kier molecular flexibility index (Phi) is 7.66. The summed E-state index contributed by atoms with van der Waals surface area (Å²) < 4.78 is 1.16. The summed E-state index contributed by atoms with van der Waals surface area (Å²) in [5, 5.41) is 8.83. The highest BCUT2D eigenvalue weighted by Gasteiger charge is 2.23. The highest BCUT2D eigenvalue weighted by Crippen LogP contribution is 2.21. The molecule has 0 bridgehead atoms. The molecule has 1 fully saturated rings.